The van der Waals surface area contributed by atoms with Gasteiger partial charge in [-0.1, -0.05) is 56.5 Å². The number of alkyl carbamates (subject to hydrolysis) is 1. The first-order valence-electron chi connectivity index (χ1n) is 9.95. The summed E-state index contributed by atoms with van der Waals surface area (Å²) in [6.07, 6.45) is 4.67. The van der Waals surface area contributed by atoms with Crippen molar-refractivity contribution >= 4 is 12.0 Å². The van der Waals surface area contributed by atoms with Gasteiger partial charge in [0.05, 0.1) is 5.54 Å². The summed E-state index contributed by atoms with van der Waals surface area (Å²) in [7, 11) is 0. The zero-order chi connectivity index (χ0) is 20.3. The standard InChI is InChI=1S/C22H36N2O3/c1-6-7-11-16-22(5,24-20(26)27-21(2,3)4)17-23-19(25)15-14-18-12-9-8-10-13-18/h8-10,12-13H,6-7,11,14-17H2,1-5H3,(H,23,25)(H,24,26)/t22-/m1/s1. The van der Waals surface area contributed by atoms with Crippen LogP contribution in [-0.2, 0) is 16.0 Å². The highest BCUT2D eigenvalue weighted by atomic mass is 16.6. The maximum atomic E-state index is 12.3. The molecule has 0 saturated heterocycles. The maximum Gasteiger partial charge on any atom is 0.408 e. The Morgan fingerprint density at radius 1 is 1.04 bits per heavy atom. The lowest BCUT2D eigenvalue weighted by atomic mass is 9.94. The summed E-state index contributed by atoms with van der Waals surface area (Å²) in [4.78, 5) is 24.5. The van der Waals surface area contributed by atoms with E-state index in [9.17, 15) is 9.59 Å². The number of hydrogen-bond acceptors (Lipinski definition) is 3. The summed E-state index contributed by atoms with van der Waals surface area (Å²) in [5, 5.41) is 5.94. The van der Waals surface area contributed by atoms with Crippen LogP contribution in [0.25, 0.3) is 0 Å². The fourth-order valence-electron chi connectivity index (χ4n) is 2.79. The average Bonchev–Trinajstić information content (AvgIpc) is 2.57. The molecule has 0 heterocycles. The summed E-state index contributed by atoms with van der Waals surface area (Å²) in [6, 6.07) is 9.96. The second-order valence-corrected chi connectivity index (χ2v) is 8.41. The van der Waals surface area contributed by atoms with Gasteiger partial charge in [0.25, 0.3) is 0 Å². The van der Waals surface area contributed by atoms with Gasteiger partial charge in [-0.15, -0.1) is 0 Å². The van der Waals surface area contributed by atoms with Crippen molar-refractivity contribution < 1.29 is 14.3 Å². The fraction of sp³-hybridized carbons (Fsp3) is 0.636. The Labute approximate surface area is 164 Å². The first-order valence-corrected chi connectivity index (χ1v) is 9.95. The summed E-state index contributed by atoms with van der Waals surface area (Å²) in [5.74, 6) is -0.00782. The minimum absolute atomic E-state index is 0.00782. The molecule has 0 spiro atoms. The van der Waals surface area contributed by atoms with Gasteiger partial charge in [-0.3, -0.25) is 4.79 Å². The van der Waals surface area contributed by atoms with E-state index in [2.05, 4.69) is 17.6 Å². The normalized spacial score (nSPS) is 13.5. The van der Waals surface area contributed by atoms with E-state index in [0.717, 1.165) is 31.2 Å². The molecule has 0 bridgehead atoms. The Morgan fingerprint density at radius 3 is 2.30 bits per heavy atom. The van der Waals surface area contributed by atoms with Crippen molar-refractivity contribution in [1.82, 2.24) is 10.6 Å². The van der Waals surface area contributed by atoms with Gasteiger partial charge < -0.3 is 15.4 Å². The van der Waals surface area contributed by atoms with Gasteiger partial charge in [-0.2, -0.15) is 0 Å². The predicted octanol–water partition coefficient (Wildman–Crippen LogP) is 4.60. The van der Waals surface area contributed by atoms with E-state index in [-0.39, 0.29) is 5.91 Å². The van der Waals surface area contributed by atoms with Gasteiger partial charge in [-0.25, -0.2) is 4.79 Å². The van der Waals surface area contributed by atoms with Crippen molar-refractivity contribution in [2.24, 2.45) is 0 Å². The Kier molecular flexibility index (Phi) is 9.33. The lowest BCUT2D eigenvalue weighted by Crippen LogP contribution is -2.54. The number of unbranched alkanes of at least 4 members (excludes halogenated alkanes) is 2. The minimum Gasteiger partial charge on any atom is -0.444 e. The SMILES string of the molecule is CCCCC[C@](C)(CNC(=O)CCc1ccccc1)NC(=O)OC(C)(C)C. The summed E-state index contributed by atoms with van der Waals surface area (Å²) >= 11 is 0. The van der Waals surface area contributed by atoms with Crippen LogP contribution in [0.5, 0.6) is 0 Å². The van der Waals surface area contributed by atoms with Gasteiger partial charge in [-0.05, 0) is 46.1 Å². The van der Waals surface area contributed by atoms with E-state index >= 15 is 0 Å². The van der Waals surface area contributed by atoms with Crippen LogP contribution in [0.1, 0.15) is 72.3 Å². The summed E-state index contributed by atoms with van der Waals surface area (Å²) in [6.45, 7) is 10.0. The molecule has 0 radical (unpaired) electrons. The van der Waals surface area contributed by atoms with Crippen molar-refractivity contribution in [3.05, 3.63) is 35.9 Å². The molecule has 0 aliphatic heterocycles. The van der Waals surface area contributed by atoms with Crippen molar-refractivity contribution in [3.8, 4) is 0 Å². The number of aryl methyl sites for hydroxylation is 1. The Balaban J connectivity index is 2.56. The molecule has 0 fully saturated rings. The highest BCUT2D eigenvalue weighted by molar-refractivity contribution is 5.76. The van der Waals surface area contributed by atoms with Crippen LogP contribution in [0.4, 0.5) is 4.79 Å². The molecule has 0 aliphatic carbocycles. The number of amides is 2. The zero-order valence-corrected chi connectivity index (χ0v) is 17.6. The van der Waals surface area contributed by atoms with Crippen LogP contribution in [-0.4, -0.2) is 29.7 Å². The average molecular weight is 377 g/mol. The molecule has 1 aromatic carbocycles. The van der Waals surface area contributed by atoms with E-state index < -0.39 is 17.2 Å². The molecule has 27 heavy (non-hydrogen) atoms. The molecule has 5 nitrogen and oxygen atoms in total. The molecule has 5 heteroatoms. The van der Waals surface area contributed by atoms with Gasteiger partial charge in [0, 0.05) is 13.0 Å². The lowest BCUT2D eigenvalue weighted by Gasteiger charge is -2.32. The molecule has 0 saturated carbocycles. The molecular formula is C22H36N2O3. The van der Waals surface area contributed by atoms with Crippen molar-refractivity contribution in [2.75, 3.05) is 6.54 Å². The molecular weight excluding hydrogens is 340 g/mol. The van der Waals surface area contributed by atoms with Crippen molar-refractivity contribution in [1.29, 1.82) is 0 Å². The molecule has 0 unspecified atom stereocenters. The lowest BCUT2D eigenvalue weighted by molar-refractivity contribution is -0.121. The smallest absolute Gasteiger partial charge is 0.408 e. The topological polar surface area (TPSA) is 67.4 Å². The highest BCUT2D eigenvalue weighted by Crippen LogP contribution is 2.16. The molecule has 1 rings (SSSR count). The molecule has 0 aromatic heterocycles. The van der Waals surface area contributed by atoms with Crippen LogP contribution in [0.3, 0.4) is 0 Å². The molecule has 152 valence electrons. The molecule has 2 amide bonds. The van der Waals surface area contributed by atoms with Gasteiger partial charge in [0.2, 0.25) is 5.91 Å². The first kappa shape index (κ1) is 23.0. The van der Waals surface area contributed by atoms with Gasteiger partial charge in [0.1, 0.15) is 5.60 Å². The van der Waals surface area contributed by atoms with Crippen LogP contribution >= 0.6 is 0 Å². The highest BCUT2D eigenvalue weighted by Gasteiger charge is 2.29. The number of nitrogens with one attached hydrogen (secondary N) is 2. The van der Waals surface area contributed by atoms with Crippen molar-refractivity contribution in [3.63, 3.8) is 0 Å². The minimum atomic E-state index is -0.548. The number of benzene rings is 1. The fourth-order valence-corrected chi connectivity index (χ4v) is 2.79. The third kappa shape index (κ3) is 10.6. The predicted molar refractivity (Wildman–Crippen MR) is 110 cm³/mol. The van der Waals surface area contributed by atoms with Crippen LogP contribution < -0.4 is 10.6 Å². The maximum absolute atomic E-state index is 12.3. The van der Waals surface area contributed by atoms with E-state index in [1.165, 1.54) is 0 Å². The third-order valence-corrected chi connectivity index (χ3v) is 4.29. The molecule has 1 aromatic rings. The molecule has 0 aliphatic rings. The quantitative estimate of drug-likeness (QED) is 0.587. The second kappa shape index (κ2) is 11.0. The van der Waals surface area contributed by atoms with Gasteiger partial charge >= 0.3 is 6.09 Å². The summed E-state index contributed by atoms with van der Waals surface area (Å²) < 4.78 is 5.39. The van der Waals surface area contributed by atoms with E-state index in [1.54, 1.807) is 0 Å². The summed E-state index contributed by atoms with van der Waals surface area (Å²) in [5.41, 5.74) is 0.0676. The molecule has 2 N–H and O–H groups in total. The Hall–Kier alpha value is -2.04. The van der Waals surface area contributed by atoms with Crippen LogP contribution in [0, 0.1) is 0 Å². The monoisotopic (exact) mass is 376 g/mol. The Morgan fingerprint density at radius 2 is 1.70 bits per heavy atom. The van der Waals surface area contributed by atoms with Crippen LogP contribution in [0.15, 0.2) is 30.3 Å². The van der Waals surface area contributed by atoms with Crippen molar-refractivity contribution in [2.45, 2.75) is 84.3 Å². The third-order valence-electron chi connectivity index (χ3n) is 4.29. The largest absolute Gasteiger partial charge is 0.444 e. The number of hydrogen-bond donors (Lipinski definition) is 2. The van der Waals surface area contributed by atoms with E-state index in [4.69, 9.17) is 4.74 Å². The van der Waals surface area contributed by atoms with E-state index in [0.29, 0.717) is 19.4 Å². The van der Waals surface area contributed by atoms with Gasteiger partial charge in [0.15, 0.2) is 0 Å². The molecule has 1 atom stereocenters. The Bertz CT molecular complexity index is 581. The zero-order valence-electron chi connectivity index (χ0n) is 17.6. The number of rotatable bonds is 10. The second-order valence-electron chi connectivity index (χ2n) is 8.41. The van der Waals surface area contributed by atoms with Crippen LogP contribution in [0.2, 0.25) is 0 Å². The number of ether oxygens (including phenoxy) is 1. The van der Waals surface area contributed by atoms with E-state index in [1.807, 2.05) is 58.0 Å². The number of carbonyl (C=O) groups is 2. The number of carbonyl (C=O) groups excluding carboxylic acids is 2. The first-order chi connectivity index (χ1) is 12.6.